The molecule has 5 heteroatoms. The fourth-order valence-corrected chi connectivity index (χ4v) is 3.50. The lowest BCUT2D eigenvalue weighted by Crippen LogP contribution is -2.47. The Balaban J connectivity index is 1.53. The number of nitrogens with zero attached hydrogens (tertiary/aromatic N) is 4. The fourth-order valence-electron chi connectivity index (χ4n) is 3.50. The Morgan fingerprint density at radius 3 is 2.33 bits per heavy atom. The van der Waals surface area contributed by atoms with E-state index in [1.54, 1.807) is 0 Å². The zero-order valence-electron chi connectivity index (χ0n) is 16.2. The van der Waals surface area contributed by atoms with Crippen molar-refractivity contribution in [3.63, 3.8) is 0 Å². The number of hydrogen-bond acceptors (Lipinski definition) is 5. The molecule has 5 nitrogen and oxygen atoms in total. The van der Waals surface area contributed by atoms with Crippen molar-refractivity contribution < 1.29 is 0 Å². The van der Waals surface area contributed by atoms with Crippen LogP contribution in [0.3, 0.4) is 0 Å². The van der Waals surface area contributed by atoms with Crippen LogP contribution in [0.15, 0.2) is 48.5 Å². The quantitative estimate of drug-likeness (QED) is 0.742. The summed E-state index contributed by atoms with van der Waals surface area (Å²) in [5.74, 6) is 1.77. The van der Waals surface area contributed by atoms with Gasteiger partial charge in [0.15, 0.2) is 0 Å². The third kappa shape index (κ3) is 3.82. The van der Waals surface area contributed by atoms with Crippen molar-refractivity contribution >= 4 is 28.4 Å². The van der Waals surface area contributed by atoms with Gasteiger partial charge in [-0.15, -0.1) is 0 Å². The number of nitrogens with one attached hydrogen (secondary N) is 1. The van der Waals surface area contributed by atoms with E-state index in [1.807, 2.05) is 12.1 Å². The van der Waals surface area contributed by atoms with Crippen molar-refractivity contribution in [1.29, 1.82) is 0 Å². The topological polar surface area (TPSA) is 44.3 Å². The highest BCUT2D eigenvalue weighted by atomic mass is 15.3. The Morgan fingerprint density at radius 2 is 1.59 bits per heavy atom. The molecule has 1 N–H and O–H groups in total. The van der Waals surface area contributed by atoms with E-state index in [1.165, 1.54) is 11.3 Å². The molecule has 0 saturated carbocycles. The molecule has 0 aliphatic carbocycles. The van der Waals surface area contributed by atoms with Crippen LogP contribution in [-0.2, 0) is 0 Å². The van der Waals surface area contributed by atoms with Gasteiger partial charge < -0.3 is 15.1 Å². The summed E-state index contributed by atoms with van der Waals surface area (Å²) < 4.78 is 0. The molecule has 140 valence electrons. The molecule has 0 atom stereocenters. The molecule has 0 amide bonds. The van der Waals surface area contributed by atoms with Gasteiger partial charge in [-0.2, -0.15) is 4.98 Å². The van der Waals surface area contributed by atoms with Gasteiger partial charge in [0, 0.05) is 43.8 Å². The maximum Gasteiger partial charge on any atom is 0.228 e. The molecule has 2 heterocycles. The summed E-state index contributed by atoms with van der Waals surface area (Å²) in [7, 11) is 0. The summed E-state index contributed by atoms with van der Waals surface area (Å²) in [6.45, 7) is 9.04. The predicted molar refractivity (Wildman–Crippen MR) is 114 cm³/mol. The van der Waals surface area contributed by atoms with Crippen molar-refractivity contribution in [3.05, 3.63) is 54.1 Å². The van der Waals surface area contributed by atoms with E-state index >= 15 is 0 Å². The van der Waals surface area contributed by atoms with Crippen molar-refractivity contribution in [2.24, 2.45) is 0 Å². The second-order valence-electron chi connectivity index (χ2n) is 7.13. The first-order chi connectivity index (χ1) is 13.2. The number of rotatable bonds is 5. The van der Waals surface area contributed by atoms with Gasteiger partial charge in [-0.3, -0.25) is 0 Å². The van der Waals surface area contributed by atoms with Crippen LogP contribution in [-0.4, -0.2) is 42.7 Å². The van der Waals surface area contributed by atoms with Gasteiger partial charge in [-0.1, -0.05) is 36.8 Å². The van der Waals surface area contributed by atoms with E-state index in [4.69, 9.17) is 9.97 Å². The lowest BCUT2D eigenvalue weighted by Gasteiger charge is -2.36. The first-order valence-electron chi connectivity index (χ1n) is 9.82. The number of benzene rings is 2. The number of piperazine rings is 1. The molecule has 3 aromatic rings. The van der Waals surface area contributed by atoms with Crippen LogP contribution in [0.1, 0.15) is 18.9 Å². The molecular weight excluding hydrogens is 334 g/mol. The number of hydrogen-bond donors (Lipinski definition) is 1. The number of aromatic nitrogens is 2. The first kappa shape index (κ1) is 17.6. The third-order valence-corrected chi connectivity index (χ3v) is 5.10. The van der Waals surface area contributed by atoms with Crippen LogP contribution in [0.4, 0.5) is 17.5 Å². The van der Waals surface area contributed by atoms with Gasteiger partial charge in [-0.05, 0) is 37.6 Å². The average molecular weight is 361 g/mol. The zero-order chi connectivity index (χ0) is 18.6. The van der Waals surface area contributed by atoms with Crippen LogP contribution < -0.4 is 15.1 Å². The SMILES string of the molecule is CCCNc1nc(N2CCN(c3ccc(C)cc3)CC2)nc2ccccc12. The Morgan fingerprint density at radius 1 is 0.889 bits per heavy atom. The predicted octanol–water partition coefficient (Wildman–Crippen LogP) is 4.09. The summed E-state index contributed by atoms with van der Waals surface area (Å²) in [5.41, 5.74) is 3.60. The van der Waals surface area contributed by atoms with Crippen molar-refractivity contribution in [3.8, 4) is 0 Å². The average Bonchev–Trinajstić information content (AvgIpc) is 2.72. The van der Waals surface area contributed by atoms with E-state index in [0.29, 0.717) is 0 Å². The molecule has 0 radical (unpaired) electrons. The molecule has 1 saturated heterocycles. The monoisotopic (exact) mass is 361 g/mol. The molecule has 1 fully saturated rings. The van der Waals surface area contributed by atoms with Crippen molar-refractivity contribution in [1.82, 2.24) is 9.97 Å². The molecular formula is C22H27N5. The third-order valence-electron chi connectivity index (χ3n) is 5.10. The van der Waals surface area contributed by atoms with E-state index in [0.717, 1.165) is 61.8 Å². The minimum absolute atomic E-state index is 0.829. The smallest absolute Gasteiger partial charge is 0.228 e. The van der Waals surface area contributed by atoms with Gasteiger partial charge in [0.25, 0.3) is 0 Å². The standard InChI is InChI=1S/C22H27N5/c1-3-12-23-21-19-6-4-5-7-20(19)24-22(25-21)27-15-13-26(14-16-27)18-10-8-17(2)9-11-18/h4-11H,3,12-16H2,1-2H3,(H,23,24,25). The maximum atomic E-state index is 4.86. The van der Waals surface area contributed by atoms with Gasteiger partial charge in [-0.25, -0.2) is 4.98 Å². The molecule has 27 heavy (non-hydrogen) atoms. The van der Waals surface area contributed by atoms with E-state index in [9.17, 15) is 0 Å². The number of para-hydroxylation sites is 1. The molecule has 0 spiro atoms. The van der Waals surface area contributed by atoms with Crippen LogP contribution in [0.25, 0.3) is 10.9 Å². The summed E-state index contributed by atoms with van der Waals surface area (Å²) in [6, 6.07) is 17.0. The van der Waals surface area contributed by atoms with Gasteiger partial charge >= 0.3 is 0 Å². The van der Waals surface area contributed by atoms with Crippen molar-refractivity contribution in [2.75, 3.05) is 47.8 Å². The zero-order valence-corrected chi connectivity index (χ0v) is 16.2. The normalized spacial score (nSPS) is 14.6. The number of aryl methyl sites for hydroxylation is 1. The summed E-state index contributed by atoms with van der Waals surface area (Å²) in [4.78, 5) is 14.4. The molecule has 1 aliphatic heterocycles. The van der Waals surface area contributed by atoms with Crippen molar-refractivity contribution in [2.45, 2.75) is 20.3 Å². The number of fused-ring (bicyclic) bond motifs is 1. The minimum Gasteiger partial charge on any atom is -0.369 e. The highest BCUT2D eigenvalue weighted by molar-refractivity contribution is 5.90. The highest BCUT2D eigenvalue weighted by Gasteiger charge is 2.20. The van der Waals surface area contributed by atoms with Crippen LogP contribution in [0, 0.1) is 6.92 Å². The Labute approximate surface area is 161 Å². The fraction of sp³-hybridized carbons (Fsp3) is 0.364. The molecule has 0 bridgehead atoms. The largest absolute Gasteiger partial charge is 0.369 e. The Hall–Kier alpha value is -2.82. The molecule has 1 aromatic heterocycles. The molecule has 1 aliphatic rings. The van der Waals surface area contributed by atoms with Crippen LogP contribution in [0.2, 0.25) is 0 Å². The first-order valence-corrected chi connectivity index (χ1v) is 9.82. The Bertz CT molecular complexity index is 898. The van der Waals surface area contributed by atoms with E-state index in [-0.39, 0.29) is 0 Å². The molecule has 4 rings (SSSR count). The van der Waals surface area contributed by atoms with Gasteiger partial charge in [0.1, 0.15) is 5.82 Å². The van der Waals surface area contributed by atoms with Gasteiger partial charge in [0.05, 0.1) is 5.52 Å². The lowest BCUT2D eigenvalue weighted by molar-refractivity contribution is 0.641. The summed E-state index contributed by atoms with van der Waals surface area (Å²) in [6.07, 6.45) is 1.07. The van der Waals surface area contributed by atoms with Crippen LogP contribution >= 0.6 is 0 Å². The Kier molecular flexibility index (Phi) is 5.10. The minimum atomic E-state index is 0.829. The van der Waals surface area contributed by atoms with Crippen LogP contribution in [0.5, 0.6) is 0 Å². The highest BCUT2D eigenvalue weighted by Crippen LogP contribution is 2.25. The lowest BCUT2D eigenvalue weighted by atomic mass is 10.2. The second kappa shape index (κ2) is 7.82. The maximum absolute atomic E-state index is 4.86. The van der Waals surface area contributed by atoms with E-state index < -0.39 is 0 Å². The second-order valence-corrected chi connectivity index (χ2v) is 7.13. The molecule has 2 aromatic carbocycles. The molecule has 0 unspecified atom stereocenters. The summed E-state index contributed by atoms with van der Waals surface area (Å²) >= 11 is 0. The van der Waals surface area contributed by atoms with Gasteiger partial charge in [0.2, 0.25) is 5.95 Å². The summed E-state index contributed by atoms with van der Waals surface area (Å²) in [5, 5.41) is 4.56. The van der Waals surface area contributed by atoms with E-state index in [2.05, 4.69) is 65.4 Å². The number of anilines is 3.